The summed E-state index contributed by atoms with van der Waals surface area (Å²) >= 11 is 0. The van der Waals surface area contributed by atoms with Crippen LogP contribution in [0.4, 0.5) is 0 Å². The lowest BCUT2D eigenvalue weighted by molar-refractivity contribution is -0.0932. The number of rotatable bonds is 2. The number of piperidine rings is 1. The molecule has 5 nitrogen and oxygen atoms in total. The summed E-state index contributed by atoms with van der Waals surface area (Å²) in [5.41, 5.74) is -0.236. The van der Waals surface area contributed by atoms with Crippen molar-refractivity contribution in [3.63, 3.8) is 0 Å². The Bertz CT molecular complexity index is 551. The molecule has 106 valence electrons. The van der Waals surface area contributed by atoms with Gasteiger partial charge in [0.1, 0.15) is 0 Å². The van der Waals surface area contributed by atoms with Gasteiger partial charge < -0.3 is 10.2 Å². The van der Waals surface area contributed by atoms with Gasteiger partial charge in [-0.05, 0) is 32.4 Å². The van der Waals surface area contributed by atoms with Gasteiger partial charge in [0.15, 0.2) is 0 Å². The summed E-state index contributed by atoms with van der Waals surface area (Å²) in [6.45, 7) is 3.54. The first kappa shape index (κ1) is 14.5. The van der Waals surface area contributed by atoms with Crippen molar-refractivity contribution >= 4 is 10.0 Å². The van der Waals surface area contributed by atoms with Gasteiger partial charge in [0, 0.05) is 13.1 Å². The van der Waals surface area contributed by atoms with Crippen LogP contribution in [0.2, 0.25) is 0 Å². The van der Waals surface area contributed by atoms with Crippen LogP contribution in [-0.2, 0) is 10.0 Å². The molecule has 0 saturated carbocycles. The molecule has 19 heavy (non-hydrogen) atoms. The quantitative estimate of drug-likeness (QED) is 0.829. The summed E-state index contributed by atoms with van der Waals surface area (Å²) in [7, 11) is -3.60. The molecule has 6 heteroatoms. The van der Waals surface area contributed by atoms with E-state index in [9.17, 15) is 18.6 Å². The van der Waals surface area contributed by atoms with Crippen molar-refractivity contribution in [1.29, 1.82) is 0 Å². The topological polar surface area (TPSA) is 77.8 Å². The largest absolute Gasteiger partial charge is 0.389 e. The molecule has 0 aliphatic carbocycles. The SMILES string of the molecule is Cc1ccc(S(=O)(=O)N2CC[C@@](C)(O)[C@@H](O)C2)cc1. The van der Waals surface area contributed by atoms with E-state index >= 15 is 0 Å². The van der Waals surface area contributed by atoms with E-state index in [1.807, 2.05) is 6.92 Å². The second-order valence-electron chi connectivity index (χ2n) is 5.30. The molecule has 2 atom stereocenters. The standard InChI is InChI=1S/C13H19NO4S/c1-10-3-5-11(6-4-10)19(17,18)14-8-7-13(2,16)12(15)9-14/h3-6,12,15-16H,7-9H2,1-2H3/t12-,13+/m0/s1. The maximum absolute atomic E-state index is 12.4. The molecule has 1 heterocycles. The molecular weight excluding hydrogens is 266 g/mol. The van der Waals surface area contributed by atoms with Gasteiger partial charge in [-0.1, -0.05) is 17.7 Å². The molecule has 0 radical (unpaired) electrons. The number of hydrogen-bond donors (Lipinski definition) is 2. The second-order valence-corrected chi connectivity index (χ2v) is 7.24. The average Bonchev–Trinajstić information content (AvgIpc) is 2.33. The molecule has 1 fully saturated rings. The molecule has 0 bridgehead atoms. The summed E-state index contributed by atoms with van der Waals surface area (Å²) in [6, 6.07) is 6.60. The highest BCUT2D eigenvalue weighted by atomic mass is 32.2. The van der Waals surface area contributed by atoms with E-state index in [4.69, 9.17) is 0 Å². The highest BCUT2D eigenvalue weighted by Crippen LogP contribution is 2.26. The van der Waals surface area contributed by atoms with Crippen molar-refractivity contribution in [2.75, 3.05) is 13.1 Å². The van der Waals surface area contributed by atoms with E-state index < -0.39 is 21.7 Å². The number of sulfonamides is 1. The first-order chi connectivity index (χ1) is 8.73. The molecule has 0 aromatic heterocycles. The zero-order chi connectivity index (χ0) is 14.3. The Labute approximate surface area is 113 Å². The number of benzene rings is 1. The minimum absolute atomic E-state index is 0.0801. The van der Waals surface area contributed by atoms with Gasteiger partial charge in [0.2, 0.25) is 10.0 Å². The van der Waals surface area contributed by atoms with Crippen molar-refractivity contribution in [3.05, 3.63) is 29.8 Å². The molecule has 0 unspecified atom stereocenters. The maximum Gasteiger partial charge on any atom is 0.243 e. The van der Waals surface area contributed by atoms with E-state index in [-0.39, 0.29) is 24.4 Å². The first-order valence-corrected chi connectivity index (χ1v) is 7.65. The van der Waals surface area contributed by atoms with Crippen LogP contribution >= 0.6 is 0 Å². The number of aryl methyl sites for hydroxylation is 1. The minimum Gasteiger partial charge on any atom is -0.389 e. The zero-order valence-corrected chi connectivity index (χ0v) is 11.9. The van der Waals surface area contributed by atoms with E-state index in [2.05, 4.69) is 0 Å². The Morgan fingerprint density at radius 3 is 2.42 bits per heavy atom. The fraction of sp³-hybridized carbons (Fsp3) is 0.538. The molecule has 1 aromatic carbocycles. The van der Waals surface area contributed by atoms with Gasteiger partial charge in [0.05, 0.1) is 16.6 Å². The van der Waals surface area contributed by atoms with Crippen molar-refractivity contribution in [2.24, 2.45) is 0 Å². The van der Waals surface area contributed by atoms with Gasteiger partial charge in [-0.2, -0.15) is 4.31 Å². The van der Waals surface area contributed by atoms with Crippen molar-refractivity contribution < 1.29 is 18.6 Å². The molecule has 1 saturated heterocycles. The molecular formula is C13H19NO4S. The predicted octanol–water partition coefficient (Wildman–Crippen LogP) is 0.501. The monoisotopic (exact) mass is 285 g/mol. The van der Waals surface area contributed by atoms with Crippen molar-refractivity contribution in [1.82, 2.24) is 4.31 Å². The van der Waals surface area contributed by atoms with Crippen LogP contribution in [0, 0.1) is 6.92 Å². The summed E-state index contributed by atoms with van der Waals surface area (Å²) in [6.07, 6.45) is -0.847. The fourth-order valence-electron chi connectivity index (χ4n) is 2.08. The van der Waals surface area contributed by atoms with Crippen molar-refractivity contribution in [3.8, 4) is 0 Å². The molecule has 0 amide bonds. The smallest absolute Gasteiger partial charge is 0.243 e. The zero-order valence-electron chi connectivity index (χ0n) is 11.1. The Morgan fingerprint density at radius 2 is 1.89 bits per heavy atom. The highest BCUT2D eigenvalue weighted by Gasteiger charge is 2.40. The maximum atomic E-state index is 12.4. The lowest BCUT2D eigenvalue weighted by Gasteiger charge is -2.39. The molecule has 0 spiro atoms. The van der Waals surface area contributed by atoms with Crippen molar-refractivity contribution in [2.45, 2.75) is 36.9 Å². The third-order valence-corrected chi connectivity index (χ3v) is 5.50. The van der Waals surface area contributed by atoms with E-state index in [1.54, 1.807) is 24.3 Å². The van der Waals surface area contributed by atoms with Crippen LogP contribution in [0.3, 0.4) is 0 Å². The highest BCUT2D eigenvalue weighted by molar-refractivity contribution is 7.89. The van der Waals surface area contributed by atoms with Crippen LogP contribution < -0.4 is 0 Å². The number of nitrogens with zero attached hydrogens (tertiary/aromatic N) is 1. The number of aliphatic hydroxyl groups is 2. The molecule has 1 aliphatic heterocycles. The molecule has 2 N–H and O–H groups in total. The van der Waals surface area contributed by atoms with Gasteiger partial charge in [-0.15, -0.1) is 0 Å². The lowest BCUT2D eigenvalue weighted by atomic mass is 9.92. The van der Waals surface area contributed by atoms with E-state index in [1.165, 1.54) is 11.2 Å². The Hall–Kier alpha value is -0.950. The Morgan fingerprint density at radius 1 is 1.32 bits per heavy atom. The first-order valence-electron chi connectivity index (χ1n) is 6.21. The number of β-amino-alcohol motifs (C(OH)–C–C–N with tert-alkyl or cyclic N) is 1. The van der Waals surface area contributed by atoms with Gasteiger partial charge >= 0.3 is 0 Å². The predicted molar refractivity (Wildman–Crippen MR) is 71.2 cm³/mol. The van der Waals surface area contributed by atoms with Gasteiger partial charge in [-0.25, -0.2) is 8.42 Å². The number of aliphatic hydroxyl groups excluding tert-OH is 1. The Balaban J connectivity index is 2.24. The van der Waals surface area contributed by atoms with Crippen LogP contribution in [0.1, 0.15) is 18.9 Å². The fourth-order valence-corrected chi connectivity index (χ4v) is 3.52. The summed E-state index contributed by atoms with van der Waals surface area (Å²) < 4.78 is 26.0. The minimum atomic E-state index is -3.60. The van der Waals surface area contributed by atoms with E-state index in [0.29, 0.717) is 0 Å². The normalized spacial score (nSPS) is 29.4. The third-order valence-electron chi connectivity index (χ3n) is 3.62. The van der Waals surface area contributed by atoms with Crippen LogP contribution in [-0.4, -0.2) is 47.7 Å². The summed E-state index contributed by atoms with van der Waals surface area (Å²) in [4.78, 5) is 0.215. The molecule has 1 aromatic rings. The third kappa shape index (κ3) is 2.81. The van der Waals surface area contributed by atoms with Gasteiger partial charge in [-0.3, -0.25) is 0 Å². The summed E-state index contributed by atoms with van der Waals surface area (Å²) in [5, 5.41) is 19.7. The molecule has 1 aliphatic rings. The summed E-state index contributed by atoms with van der Waals surface area (Å²) in [5.74, 6) is 0. The van der Waals surface area contributed by atoms with E-state index in [0.717, 1.165) is 5.56 Å². The average molecular weight is 285 g/mol. The molecule has 2 rings (SSSR count). The van der Waals surface area contributed by atoms with Crippen LogP contribution in [0.15, 0.2) is 29.2 Å². The van der Waals surface area contributed by atoms with Crippen LogP contribution in [0.25, 0.3) is 0 Å². The Kier molecular flexibility index (Phi) is 3.70. The number of hydrogen-bond acceptors (Lipinski definition) is 4. The van der Waals surface area contributed by atoms with Gasteiger partial charge in [0.25, 0.3) is 0 Å². The second kappa shape index (κ2) is 4.86. The van der Waals surface area contributed by atoms with Crippen LogP contribution in [0.5, 0.6) is 0 Å². The lowest BCUT2D eigenvalue weighted by Crippen LogP contribution is -2.55.